The number of allylic oxidation sites excluding steroid dienone is 2. The van der Waals surface area contributed by atoms with Gasteiger partial charge in [0.2, 0.25) is 0 Å². The van der Waals surface area contributed by atoms with Crippen LogP contribution < -0.4 is 4.74 Å². The average Bonchev–Trinajstić information content (AvgIpc) is 2.86. The highest BCUT2D eigenvalue weighted by Crippen LogP contribution is 2.44. The van der Waals surface area contributed by atoms with Crippen LogP contribution in [0.15, 0.2) is 48.1 Å². The molecule has 0 fully saturated rings. The number of benzene rings is 1. The second-order valence-corrected chi connectivity index (χ2v) is 9.93. The van der Waals surface area contributed by atoms with E-state index in [1.165, 1.54) is 18.2 Å². The van der Waals surface area contributed by atoms with Crippen LogP contribution in [0.4, 0.5) is 4.39 Å². The molecule has 2 aliphatic carbocycles. The molecular formula is C28H37FO8. The van der Waals surface area contributed by atoms with E-state index in [4.69, 9.17) is 14.6 Å². The van der Waals surface area contributed by atoms with Crippen LogP contribution in [0.25, 0.3) is 0 Å². The summed E-state index contributed by atoms with van der Waals surface area (Å²) in [6.45, 7) is 3.82. The topological polar surface area (TPSA) is 134 Å². The maximum absolute atomic E-state index is 14.1. The Hall–Kier alpha value is -2.75. The molecule has 204 valence electrons. The Bertz CT molecular complexity index is 992. The van der Waals surface area contributed by atoms with Crippen molar-refractivity contribution < 1.29 is 43.9 Å². The summed E-state index contributed by atoms with van der Waals surface area (Å²) in [6, 6.07) is 5.86. The molecule has 8 nitrogen and oxygen atoms in total. The molecule has 1 aromatic rings. The molecule has 2 aliphatic rings. The zero-order valence-corrected chi connectivity index (χ0v) is 21.2. The minimum absolute atomic E-state index is 0.0298. The molecule has 0 radical (unpaired) electrons. The van der Waals surface area contributed by atoms with Crippen molar-refractivity contribution in [1.82, 2.24) is 0 Å². The first-order valence-corrected chi connectivity index (χ1v) is 12.9. The summed E-state index contributed by atoms with van der Waals surface area (Å²) in [5.74, 6) is -2.59. The fourth-order valence-electron chi connectivity index (χ4n) is 5.26. The Morgan fingerprint density at radius 3 is 2.59 bits per heavy atom. The first kappa shape index (κ1) is 28.8. The highest BCUT2D eigenvalue weighted by Gasteiger charge is 2.42. The van der Waals surface area contributed by atoms with E-state index in [1.807, 2.05) is 6.08 Å². The molecule has 1 aromatic carbocycles. The summed E-state index contributed by atoms with van der Waals surface area (Å²) >= 11 is 0. The Kier molecular flexibility index (Phi) is 10.3. The number of hydrogen-bond donors (Lipinski definition) is 4. The van der Waals surface area contributed by atoms with E-state index in [1.54, 1.807) is 19.1 Å². The molecule has 0 spiro atoms. The minimum atomic E-state index is -1.81. The average molecular weight is 521 g/mol. The predicted octanol–water partition coefficient (Wildman–Crippen LogP) is 3.39. The van der Waals surface area contributed by atoms with Crippen LogP contribution >= 0.6 is 0 Å². The van der Waals surface area contributed by atoms with Crippen LogP contribution in [0.3, 0.4) is 0 Å². The Morgan fingerprint density at radius 2 is 1.92 bits per heavy atom. The molecule has 8 unspecified atom stereocenters. The standard InChI is InChI=1S/C28H37FO8/c1-3-22(36-23-11-7-5-9-20(23)29)28(35)37-24-15-18(30)14-17-13-12-16(2)19(25(17)24)8-4-6-10-21(31)26(32)27(33)34/h5,7,9,11-14,16,18-19,21-22,24-26,30-32H,3-4,6,8,10,15H2,1-2H3,(H,33,34). The number of carboxylic acid groups (broad SMARTS) is 1. The zero-order valence-electron chi connectivity index (χ0n) is 21.2. The van der Waals surface area contributed by atoms with Gasteiger partial charge in [0.1, 0.15) is 6.10 Å². The normalized spacial score (nSPS) is 27.4. The fourth-order valence-corrected chi connectivity index (χ4v) is 5.26. The van der Waals surface area contributed by atoms with E-state index in [9.17, 15) is 29.3 Å². The SMILES string of the molecule is CCC(Oc1ccccc1F)C(=O)OC1CC(O)C=C2C=CC(C)C(CCCCC(O)C(O)C(=O)O)C21. The van der Waals surface area contributed by atoms with Gasteiger partial charge in [-0.3, -0.25) is 0 Å². The van der Waals surface area contributed by atoms with Crippen molar-refractivity contribution in [2.24, 2.45) is 17.8 Å². The number of fused-ring (bicyclic) bond motifs is 1. The smallest absolute Gasteiger partial charge is 0.347 e. The molecule has 0 saturated heterocycles. The zero-order chi connectivity index (χ0) is 27.1. The molecular weight excluding hydrogens is 483 g/mol. The number of para-hydroxylation sites is 1. The first-order valence-electron chi connectivity index (χ1n) is 12.9. The first-order chi connectivity index (χ1) is 17.6. The van der Waals surface area contributed by atoms with Crippen molar-refractivity contribution in [3.8, 4) is 5.75 Å². The number of aliphatic hydroxyl groups is 3. The van der Waals surface area contributed by atoms with Crippen molar-refractivity contribution in [3.63, 3.8) is 0 Å². The van der Waals surface area contributed by atoms with Gasteiger partial charge in [-0.1, -0.05) is 57.0 Å². The highest BCUT2D eigenvalue weighted by molar-refractivity contribution is 5.75. The fraction of sp³-hybridized carbons (Fsp3) is 0.571. The minimum Gasteiger partial charge on any atom is -0.479 e. The van der Waals surface area contributed by atoms with Crippen molar-refractivity contribution in [2.75, 3.05) is 0 Å². The van der Waals surface area contributed by atoms with E-state index < -0.39 is 48.3 Å². The lowest BCUT2D eigenvalue weighted by Gasteiger charge is -2.43. The summed E-state index contributed by atoms with van der Waals surface area (Å²) in [6.07, 6.45) is 2.85. The number of ether oxygens (including phenoxy) is 2. The van der Waals surface area contributed by atoms with Gasteiger partial charge in [-0.25, -0.2) is 14.0 Å². The van der Waals surface area contributed by atoms with Gasteiger partial charge >= 0.3 is 11.9 Å². The number of rotatable bonds is 12. The summed E-state index contributed by atoms with van der Waals surface area (Å²) in [5.41, 5.74) is 0.893. The predicted molar refractivity (Wildman–Crippen MR) is 133 cm³/mol. The Morgan fingerprint density at radius 1 is 1.19 bits per heavy atom. The van der Waals surface area contributed by atoms with Crippen molar-refractivity contribution in [3.05, 3.63) is 53.9 Å². The molecule has 37 heavy (non-hydrogen) atoms. The van der Waals surface area contributed by atoms with Crippen LogP contribution in [0.2, 0.25) is 0 Å². The van der Waals surface area contributed by atoms with Crippen molar-refractivity contribution in [1.29, 1.82) is 0 Å². The number of halogens is 1. The molecule has 0 heterocycles. The number of carbonyl (C=O) groups is 2. The third-order valence-corrected chi connectivity index (χ3v) is 7.28. The third kappa shape index (κ3) is 7.40. The van der Waals surface area contributed by atoms with Gasteiger partial charge in [-0.15, -0.1) is 0 Å². The van der Waals surface area contributed by atoms with Crippen LogP contribution in [0.1, 0.15) is 52.4 Å². The maximum atomic E-state index is 14.1. The summed E-state index contributed by atoms with van der Waals surface area (Å²) in [5, 5.41) is 38.6. The number of hydrogen-bond acceptors (Lipinski definition) is 7. The molecule has 0 aromatic heterocycles. The summed E-state index contributed by atoms with van der Waals surface area (Å²) in [4.78, 5) is 23.9. The quantitative estimate of drug-likeness (QED) is 0.243. The van der Waals surface area contributed by atoms with Gasteiger partial charge in [-0.2, -0.15) is 0 Å². The molecule has 8 atom stereocenters. The lowest BCUT2D eigenvalue weighted by Crippen LogP contribution is -2.44. The van der Waals surface area contributed by atoms with Gasteiger partial charge in [0, 0.05) is 12.3 Å². The van der Waals surface area contributed by atoms with Crippen LogP contribution in [0, 0.1) is 23.6 Å². The number of carbonyl (C=O) groups excluding carboxylic acids is 1. The van der Waals surface area contributed by atoms with Crippen LogP contribution in [-0.4, -0.2) is 62.9 Å². The third-order valence-electron chi connectivity index (χ3n) is 7.28. The van der Waals surface area contributed by atoms with E-state index in [0.29, 0.717) is 12.8 Å². The number of esters is 1. The Labute approximate surface area is 216 Å². The molecule has 4 N–H and O–H groups in total. The second kappa shape index (κ2) is 13.2. The summed E-state index contributed by atoms with van der Waals surface area (Å²) in [7, 11) is 0. The number of carboxylic acids is 1. The molecule has 0 aliphatic heterocycles. The monoisotopic (exact) mass is 520 g/mol. The van der Waals surface area contributed by atoms with Gasteiger partial charge in [0.25, 0.3) is 0 Å². The number of aliphatic carboxylic acids is 1. The van der Waals surface area contributed by atoms with Crippen molar-refractivity contribution >= 4 is 11.9 Å². The molecule has 0 saturated carbocycles. The van der Waals surface area contributed by atoms with Crippen LogP contribution in [0.5, 0.6) is 5.75 Å². The maximum Gasteiger partial charge on any atom is 0.347 e. The number of aliphatic hydroxyl groups excluding tert-OH is 3. The van der Waals surface area contributed by atoms with E-state index in [2.05, 4.69) is 13.0 Å². The molecule has 0 bridgehead atoms. The molecule has 0 amide bonds. The van der Waals surface area contributed by atoms with E-state index in [0.717, 1.165) is 12.0 Å². The number of unbranched alkanes of at least 4 members (excludes halogenated alkanes) is 1. The van der Waals surface area contributed by atoms with Gasteiger partial charge < -0.3 is 29.9 Å². The van der Waals surface area contributed by atoms with Gasteiger partial charge in [0.15, 0.2) is 23.8 Å². The lowest BCUT2D eigenvalue weighted by molar-refractivity contribution is -0.163. The van der Waals surface area contributed by atoms with Gasteiger partial charge in [0.05, 0.1) is 12.2 Å². The van der Waals surface area contributed by atoms with Gasteiger partial charge in [-0.05, 0) is 48.8 Å². The largest absolute Gasteiger partial charge is 0.479 e. The van der Waals surface area contributed by atoms with Crippen LogP contribution in [-0.2, 0) is 14.3 Å². The second-order valence-electron chi connectivity index (χ2n) is 9.93. The van der Waals surface area contributed by atoms with Crippen molar-refractivity contribution in [2.45, 2.75) is 82.9 Å². The highest BCUT2D eigenvalue weighted by atomic mass is 19.1. The Balaban J connectivity index is 1.68. The summed E-state index contributed by atoms with van der Waals surface area (Å²) < 4.78 is 25.6. The molecule has 9 heteroatoms. The van der Waals surface area contributed by atoms with E-state index in [-0.39, 0.29) is 42.8 Å². The molecule has 3 rings (SSSR count). The lowest BCUT2D eigenvalue weighted by atomic mass is 9.66. The van der Waals surface area contributed by atoms with E-state index >= 15 is 0 Å².